The molecule has 1 atom stereocenters. The van der Waals surface area contributed by atoms with Crippen LogP contribution in [0.3, 0.4) is 0 Å². The van der Waals surface area contributed by atoms with Crippen molar-refractivity contribution in [3.8, 4) is 17.2 Å². The van der Waals surface area contributed by atoms with Gasteiger partial charge in [-0.2, -0.15) is 0 Å². The Kier molecular flexibility index (Phi) is 5.09. The first-order chi connectivity index (χ1) is 14.5. The summed E-state index contributed by atoms with van der Waals surface area (Å²) < 4.78 is 26.5. The van der Waals surface area contributed by atoms with E-state index in [9.17, 15) is 14.0 Å². The Labute approximate surface area is 171 Å². The van der Waals surface area contributed by atoms with Gasteiger partial charge in [0.1, 0.15) is 18.0 Å². The number of anilines is 1. The van der Waals surface area contributed by atoms with Crippen LogP contribution in [0.1, 0.15) is 23.6 Å². The van der Waals surface area contributed by atoms with E-state index in [1.807, 2.05) is 0 Å². The van der Waals surface area contributed by atoms with E-state index in [1.165, 1.54) is 24.1 Å². The van der Waals surface area contributed by atoms with Crippen molar-refractivity contribution in [1.29, 1.82) is 0 Å². The van der Waals surface area contributed by atoms with Crippen molar-refractivity contribution < 1.29 is 23.5 Å². The lowest BCUT2D eigenvalue weighted by molar-refractivity contribution is -0.120. The zero-order valence-electron chi connectivity index (χ0n) is 16.1. The largest absolute Gasteiger partial charge is 0.493 e. The summed E-state index contributed by atoms with van der Waals surface area (Å²) in [6.07, 6.45) is 1.64. The van der Waals surface area contributed by atoms with Gasteiger partial charge in [-0.1, -0.05) is 18.2 Å². The molecule has 4 rings (SSSR count). The number of ether oxygens (including phenoxy) is 2. The van der Waals surface area contributed by atoms with Gasteiger partial charge in [0, 0.05) is 12.3 Å². The van der Waals surface area contributed by atoms with Crippen LogP contribution >= 0.6 is 0 Å². The molecule has 9 heteroatoms. The summed E-state index contributed by atoms with van der Waals surface area (Å²) >= 11 is 0. The summed E-state index contributed by atoms with van der Waals surface area (Å²) in [7, 11) is 1.48. The Hall–Kier alpha value is -3.88. The van der Waals surface area contributed by atoms with E-state index < -0.39 is 11.7 Å². The quantitative estimate of drug-likeness (QED) is 0.649. The minimum atomic E-state index is -0.620. The average Bonchev–Trinajstić information content (AvgIpc) is 3.15. The van der Waals surface area contributed by atoms with E-state index in [1.54, 1.807) is 36.4 Å². The molecule has 2 amide bonds. The van der Waals surface area contributed by atoms with Gasteiger partial charge in [0.2, 0.25) is 5.91 Å². The fourth-order valence-corrected chi connectivity index (χ4v) is 3.48. The molecular formula is C21H19FN4O4. The number of carbonyl (C=O) groups is 2. The van der Waals surface area contributed by atoms with E-state index in [0.717, 1.165) is 5.56 Å². The van der Waals surface area contributed by atoms with Crippen LogP contribution in [-0.2, 0) is 9.59 Å². The first-order valence-corrected chi connectivity index (χ1v) is 9.19. The number of imidazole rings is 1. The molecular weight excluding hydrogens is 391 g/mol. The number of halogens is 1. The Morgan fingerprint density at radius 1 is 1.30 bits per heavy atom. The van der Waals surface area contributed by atoms with Crippen molar-refractivity contribution in [2.45, 2.75) is 12.3 Å². The third kappa shape index (κ3) is 3.57. The lowest BCUT2D eigenvalue weighted by Crippen LogP contribution is -2.25. The summed E-state index contributed by atoms with van der Waals surface area (Å²) in [5.74, 6) is -0.486. The monoisotopic (exact) mass is 410 g/mol. The summed E-state index contributed by atoms with van der Waals surface area (Å²) in [6, 6.07) is 11.4. The molecule has 0 aliphatic carbocycles. The third-order valence-corrected chi connectivity index (χ3v) is 4.85. The van der Waals surface area contributed by atoms with Crippen LogP contribution in [0.5, 0.6) is 11.5 Å². The number of nitrogens with two attached hydrogens (primary N) is 1. The molecule has 0 spiro atoms. The highest BCUT2D eigenvalue weighted by molar-refractivity contribution is 5.94. The number of carbonyl (C=O) groups excluding carboxylic acids is 2. The number of amides is 2. The van der Waals surface area contributed by atoms with E-state index in [4.69, 9.17) is 15.2 Å². The predicted molar refractivity (Wildman–Crippen MR) is 106 cm³/mol. The number of nitrogens with one attached hydrogen (secondary N) is 1. The van der Waals surface area contributed by atoms with Crippen LogP contribution in [0, 0.1) is 5.82 Å². The first-order valence-electron chi connectivity index (χ1n) is 9.19. The fourth-order valence-electron chi connectivity index (χ4n) is 3.48. The van der Waals surface area contributed by atoms with Crippen molar-refractivity contribution in [3.63, 3.8) is 0 Å². The number of nitrogens with zero attached hydrogens (tertiary/aromatic N) is 2. The highest BCUT2D eigenvalue weighted by Gasteiger charge is 2.32. The molecule has 0 fully saturated rings. The predicted octanol–water partition coefficient (Wildman–Crippen LogP) is 2.36. The number of primary amides is 1. The molecule has 0 radical (unpaired) electrons. The van der Waals surface area contributed by atoms with Gasteiger partial charge in [-0.3, -0.25) is 14.2 Å². The minimum Gasteiger partial charge on any atom is -0.493 e. The Balaban J connectivity index is 1.76. The number of benzene rings is 2. The van der Waals surface area contributed by atoms with Crippen molar-refractivity contribution in [2.24, 2.45) is 5.73 Å². The third-order valence-electron chi connectivity index (χ3n) is 4.85. The maximum atomic E-state index is 14.3. The molecule has 3 N–H and O–H groups in total. The zero-order chi connectivity index (χ0) is 21.3. The SMILES string of the molecule is COc1ccc([C@H]2CC(=O)Nc3c2ncn3-c2ccccc2F)cc1OCC(N)=O. The molecule has 3 aromatic rings. The van der Waals surface area contributed by atoms with Crippen LogP contribution in [0.4, 0.5) is 10.2 Å². The number of para-hydroxylation sites is 1. The van der Waals surface area contributed by atoms with Gasteiger partial charge in [0.25, 0.3) is 5.91 Å². The van der Waals surface area contributed by atoms with Gasteiger partial charge in [-0.15, -0.1) is 0 Å². The van der Waals surface area contributed by atoms with Gasteiger partial charge in [-0.05, 0) is 29.8 Å². The smallest absolute Gasteiger partial charge is 0.255 e. The Morgan fingerprint density at radius 3 is 2.83 bits per heavy atom. The molecule has 1 aromatic heterocycles. The molecule has 8 nitrogen and oxygen atoms in total. The number of methoxy groups -OCH3 is 1. The number of rotatable bonds is 6. The normalized spacial score (nSPS) is 15.3. The highest BCUT2D eigenvalue weighted by Crippen LogP contribution is 2.40. The number of aromatic nitrogens is 2. The summed E-state index contributed by atoms with van der Waals surface area (Å²) in [5.41, 5.74) is 6.79. The molecule has 0 saturated heterocycles. The van der Waals surface area contributed by atoms with Crippen LogP contribution in [0.2, 0.25) is 0 Å². The molecule has 2 aromatic carbocycles. The number of hydrogen-bond donors (Lipinski definition) is 2. The van der Waals surface area contributed by atoms with Crippen LogP contribution in [-0.4, -0.2) is 35.1 Å². The summed E-state index contributed by atoms with van der Waals surface area (Å²) in [4.78, 5) is 28.0. The second kappa shape index (κ2) is 7.86. The Morgan fingerprint density at radius 2 is 2.10 bits per heavy atom. The van der Waals surface area contributed by atoms with Gasteiger partial charge < -0.3 is 20.5 Å². The van der Waals surface area contributed by atoms with Crippen molar-refractivity contribution in [2.75, 3.05) is 19.0 Å². The summed E-state index contributed by atoms with van der Waals surface area (Å²) in [6.45, 7) is -0.307. The van der Waals surface area contributed by atoms with E-state index in [2.05, 4.69) is 10.3 Å². The molecule has 0 unspecified atom stereocenters. The molecule has 2 heterocycles. The molecule has 1 aliphatic heterocycles. The standard InChI is InChI=1S/C21H19FN4O4/c1-29-16-7-6-12(8-17(16)30-10-18(23)27)13-9-19(28)25-21-20(13)24-11-26(21)15-5-3-2-4-14(15)22/h2-8,11,13H,9-10H2,1H3,(H2,23,27)(H,25,28)/t13-/m1/s1. The molecule has 30 heavy (non-hydrogen) atoms. The topological polar surface area (TPSA) is 108 Å². The van der Waals surface area contributed by atoms with Crippen LogP contribution in [0.25, 0.3) is 5.69 Å². The Bertz CT molecular complexity index is 1130. The van der Waals surface area contributed by atoms with Gasteiger partial charge in [0.05, 0.1) is 18.5 Å². The zero-order valence-corrected chi connectivity index (χ0v) is 16.1. The second-order valence-electron chi connectivity index (χ2n) is 6.77. The molecule has 0 saturated carbocycles. The van der Waals surface area contributed by atoms with Crippen LogP contribution in [0.15, 0.2) is 48.8 Å². The van der Waals surface area contributed by atoms with Crippen molar-refractivity contribution in [1.82, 2.24) is 9.55 Å². The van der Waals surface area contributed by atoms with Gasteiger partial charge >= 0.3 is 0 Å². The fraction of sp³-hybridized carbons (Fsp3) is 0.190. The minimum absolute atomic E-state index is 0.156. The first kappa shape index (κ1) is 19.4. The number of fused-ring (bicyclic) bond motifs is 1. The van der Waals surface area contributed by atoms with E-state index in [-0.39, 0.29) is 30.5 Å². The van der Waals surface area contributed by atoms with E-state index >= 15 is 0 Å². The van der Waals surface area contributed by atoms with Crippen molar-refractivity contribution >= 4 is 17.6 Å². The maximum absolute atomic E-state index is 14.3. The average molecular weight is 410 g/mol. The van der Waals surface area contributed by atoms with Crippen LogP contribution < -0.4 is 20.5 Å². The van der Waals surface area contributed by atoms with E-state index in [0.29, 0.717) is 23.0 Å². The number of hydrogen-bond acceptors (Lipinski definition) is 5. The second-order valence-corrected chi connectivity index (χ2v) is 6.77. The molecule has 154 valence electrons. The summed E-state index contributed by atoms with van der Waals surface area (Å²) in [5, 5.41) is 2.79. The molecule has 0 bridgehead atoms. The highest BCUT2D eigenvalue weighted by atomic mass is 19.1. The lowest BCUT2D eigenvalue weighted by Gasteiger charge is -2.24. The van der Waals surface area contributed by atoms with Crippen molar-refractivity contribution in [3.05, 3.63) is 65.9 Å². The van der Waals surface area contributed by atoms with Gasteiger partial charge in [-0.25, -0.2) is 9.37 Å². The lowest BCUT2D eigenvalue weighted by atomic mass is 9.89. The van der Waals surface area contributed by atoms with Gasteiger partial charge in [0.15, 0.2) is 18.1 Å². The maximum Gasteiger partial charge on any atom is 0.255 e. The molecule has 1 aliphatic rings.